The van der Waals surface area contributed by atoms with Gasteiger partial charge in [-0.05, 0) is 42.9 Å². The van der Waals surface area contributed by atoms with Gasteiger partial charge in [0, 0.05) is 24.9 Å². The number of pyridine rings is 1. The van der Waals surface area contributed by atoms with Crippen molar-refractivity contribution in [1.82, 2.24) is 14.8 Å². The Morgan fingerprint density at radius 3 is 2.66 bits per heavy atom. The maximum Gasteiger partial charge on any atom is 0.416 e. The number of rotatable bonds is 9. The summed E-state index contributed by atoms with van der Waals surface area (Å²) in [5.41, 5.74) is 0.892. The average Bonchev–Trinajstić information content (AvgIpc) is 3.15. The van der Waals surface area contributed by atoms with Crippen molar-refractivity contribution in [3.05, 3.63) is 71.3 Å². The fourth-order valence-corrected chi connectivity index (χ4v) is 4.34. The molecule has 0 aliphatic carbocycles. The molecule has 0 saturated heterocycles. The van der Waals surface area contributed by atoms with Crippen LogP contribution in [0.25, 0.3) is 5.69 Å². The third kappa shape index (κ3) is 6.04. The molecule has 1 aromatic carbocycles. The predicted molar refractivity (Wildman–Crippen MR) is 121 cm³/mol. The fraction of sp³-hybridized carbons (Fsp3) is 0.318. The van der Waals surface area contributed by atoms with Crippen LogP contribution in [-0.2, 0) is 17.4 Å². The lowest BCUT2D eigenvalue weighted by atomic mass is 10.1. The topological polar surface area (TPSA) is 51.0 Å². The van der Waals surface area contributed by atoms with Gasteiger partial charge in [-0.1, -0.05) is 29.8 Å². The van der Waals surface area contributed by atoms with Crippen LogP contribution >= 0.6 is 23.4 Å². The van der Waals surface area contributed by atoms with Crippen molar-refractivity contribution in [1.29, 1.82) is 0 Å². The molecule has 5 nitrogen and oxygen atoms in total. The standard InChI is InChI=1S/C22H22ClF3N4OS/c1-2-29(19-15-30(28-21(19)23)17-7-5-11-27-14-17)20(31)10-13-32-12-9-16-6-3-4-8-18(16)22(24,25)26/h3-8,11,14-15H,2,9-10,12-13H2,1H3. The van der Waals surface area contributed by atoms with E-state index in [-0.39, 0.29) is 29.5 Å². The van der Waals surface area contributed by atoms with E-state index in [1.54, 1.807) is 40.3 Å². The van der Waals surface area contributed by atoms with Crippen LogP contribution in [0.15, 0.2) is 55.0 Å². The summed E-state index contributed by atoms with van der Waals surface area (Å²) in [6, 6.07) is 9.18. The quantitative estimate of drug-likeness (QED) is 0.369. The summed E-state index contributed by atoms with van der Waals surface area (Å²) in [5, 5.41) is 4.46. The van der Waals surface area contributed by atoms with E-state index in [0.29, 0.717) is 23.7 Å². The maximum atomic E-state index is 13.1. The maximum absolute atomic E-state index is 13.1. The van der Waals surface area contributed by atoms with E-state index in [2.05, 4.69) is 10.1 Å². The Morgan fingerprint density at radius 1 is 1.19 bits per heavy atom. The number of alkyl halides is 3. The molecule has 0 aliphatic rings. The number of hydrogen-bond acceptors (Lipinski definition) is 4. The van der Waals surface area contributed by atoms with E-state index < -0.39 is 11.7 Å². The first-order valence-corrected chi connectivity index (χ1v) is 11.5. The van der Waals surface area contributed by atoms with Gasteiger partial charge in [0.2, 0.25) is 5.91 Å². The average molecular weight is 483 g/mol. The number of aromatic nitrogens is 3. The number of nitrogens with zero attached hydrogens (tertiary/aromatic N) is 4. The molecule has 0 saturated carbocycles. The predicted octanol–water partition coefficient (Wildman–Crippen LogP) is 5.66. The second-order valence-corrected chi connectivity index (χ2v) is 8.45. The van der Waals surface area contributed by atoms with Gasteiger partial charge in [-0.25, -0.2) is 4.68 Å². The largest absolute Gasteiger partial charge is 0.416 e. The molecule has 10 heteroatoms. The van der Waals surface area contributed by atoms with Crippen molar-refractivity contribution in [2.24, 2.45) is 0 Å². The number of hydrogen-bond donors (Lipinski definition) is 0. The zero-order valence-corrected chi connectivity index (χ0v) is 18.9. The van der Waals surface area contributed by atoms with Crippen molar-refractivity contribution >= 4 is 35.0 Å². The molecule has 170 valence electrons. The number of amides is 1. The molecule has 32 heavy (non-hydrogen) atoms. The van der Waals surface area contributed by atoms with Crippen molar-refractivity contribution in [3.63, 3.8) is 0 Å². The SMILES string of the molecule is CCN(C(=O)CCSCCc1ccccc1C(F)(F)F)c1cn(-c2cccnc2)nc1Cl. The summed E-state index contributed by atoms with van der Waals surface area (Å²) in [6.45, 7) is 2.26. The molecule has 0 unspecified atom stereocenters. The lowest BCUT2D eigenvalue weighted by Crippen LogP contribution is -2.30. The normalized spacial score (nSPS) is 11.5. The zero-order chi connectivity index (χ0) is 23.1. The molecule has 0 spiro atoms. The molecule has 0 bridgehead atoms. The highest BCUT2D eigenvalue weighted by molar-refractivity contribution is 7.99. The van der Waals surface area contributed by atoms with Gasteiger partial charge in [0.05, 0.1) is 23.6 Å². The third-order valence-corrected chi connectivity index (χ3v) is 6.02. The lowest BCUT2D eigenvalue weighted by Gasteiger charge is -2.19. The van der Waals surface area contributed by atoms with Gasteiger partial charge in [0.1, 0.15) is 5.69 Å². The molecule has 3 rings (SSSR count). The Bertz CT molecular complexity index is 1040. The van der Waals surface area contributed by atoms with E-state index in [1.807, 2.05) is 13.0 Å². The number of carbonyl (C=O) groups excluding carboxylic acids is 1. The molecule has 1 amide bonds. The first kappa shape index (κ1) is 24.1. The van der Waals surface area contributed by atoms with E-state index in [9.17, 15) is 18.0 Å². The Labute approximate surface area is 193 Å². The molecule has 0 fully saturated rings. The monoisotopic (exact) mass is 482 g/mol. The van der Waals surface area contributed by atoms with Crippen molar-refractivity contribution in [2.75, 3.05) is 23.0 Å². The van der Waals surface area contributed by atoms with Gasteiger partial charge < -0.3 is 4.90 Å². The molecule has 0 aliphatic heterocycles. The highest BCUT2D eigenvalue weighted by Crippen LogP contribution is 2.32. The Hall–Kier alpha value is -2.52. The third-order valence-electron chi connectivity index (χ3n) is 4.77. The summed E-state index contributed by atoms with van der Waals surface area (Å²) < 4.78 is 40.8. The minimum atomic E-state index is -4.36. The number of benzene rings is 1. The van der Waals surface area contributed by atoms with Crippen molar-refractivity contribution in [3.8, 4) is 5.69 Å². The number of carbonyl (C=O) groups is 1. The number of halogens is 4. The highest BCUT2D eigenvalue weighted by atomic mass is 35.5. The minimum absolute atomic E-state index is 0.122. The first-order chi connectivity index (χ1) is 15.3. The first-order valence-electron chi connectivity index (χ1n) is 10.00. The molecular formula is C22H22ClF3N4OS. The van der Waals surface area contributed by atoms with Crippen LogP contribution in [0.4, 0.5) is 18.9 Å². The molecule has 3 aromatic rings. The molecule has 2 heterocycles. The summed E-state index contributed by atoms with van der Waals surface area (Å²) in [6.07, 6.45) is 1.14. The zero-order valence-electron chi connectivity index (χ0n) is 17.3. The molecule has 0 radical (unpaired) electrons. The fourth-order valence-electron chi connectivity index (χ4n) is 3.22. The van der Waals surface area contributed by atoms with Crippen LogP contribution in [0.5, 0.6) is 0 Å². The summed E-state index contributed by atoms with van der Waals surface area (Å²) in [5.74, 6) is 0.868. The van der Waals surface area contributed by atoms with Crippen LogP contribution in [-0.4, -0.2) is 38.7 Å². The van der Waals surface area contributed by atoms with Crippen LogP contribution in [0.2, 0.25) is 5.15 Å². The highest BCUT2D eigenvalue weighted by Gasteiger charge is 2.32. The van der Waals surface area contributed by atoms with E-state index >= 15 is 0 Å². The Morgan fingerprint density at radius 2 is 1.97 bits per heavy atom. The summed E-state index contributed by atoms with van der Waals surface area (Å²) >= 11 is 7.72. The lowest BCUT2D eigenvalue weighted by molar-refractivity contribution is -0.138. The van der Waals surface area contributed by atoms with Gasteiger partial charge in [-0.2, -0.15) is 30.0 Å². The van der Waals surface area contributed by atoms with Gasteiger partial charge in [-0.3, -0.25) is 9.78 Å². The molecule has 2 aromatic heterocycles. The molecular weight excluding hydrogens is 461 g/mol. The van der Waals surface area contributed by atoms with E-state index in [4.69, 9.17) is 11.6 Å². The van der Waals surface area contributed by atoms with E-state index in [0.717, 1.165) is 11.8 Å². The minimum Gasteiger partial charge on any atom is -0.308 e. The Kier molecular flexibility index (Phi) is 8.20. The van der Waals surface area contributed by atoms with Crippen molar-refractivity contribution < 1.29 is 18.0 Å². The second-order valence-electron chi connectivity index (χ2n) is 6.87. The Balaban J connectivity index is 1.54. The number of anilines is 1. The van der Waals surface area contributed by atoms with E-state index in [1.165, 1.54) is 23.9 Å². The van der Waals surface area contributed by atoms with Crippen LogP contribution < -0.4 is 4.90 Å². The molecule has 0 atom stereocenters. The van der Waals surface area contributed by atoms with Crippen molar-refractivity contribution in [2.45, 2.75) is 25.9 Å². The van der Waals surface area contributed by atoms with Crippen LogP contribution in [0, 0.1) is 0 Å². The number of thioether (sulfide) groups is 1. The van der Waals surface area contributed by atoms with Gasteiger partial charge in [0.25, 0.3) is 0 Å². The smallest absolute Gasteiger partial charge is 0.308 e. The van der Waals surface area contributed by atoms with Gasteiger partial charge >= 0.3 is 6.18 Å². The van der Waals surface area contributed by atoms with Gasteiger partial charge in [0.15, 0.2) is 5.15 Å². The number of aryl methyl sites for hydroxylation is 1. The second kappa shape index (κ2) is 10.9. The van der Waals surface area contributed by atoms with Crippen LogP contribution in [0.3, 0.4) is 0 Å². The van der Waals surface area contributed by atoms with Crippen LogP contribution in [0.1, 0.15) is 24.5 Å². The summed E-state index contributed by atoms with van der Waals surface area (Å²) in [4.78, 5) is 18.4. The van der Waals surface area contributed by atoms with Gasteiger partial charge in [-0.15, -0.1) is 0 Å². The summed E-state index contributed by atoms with van der Waals surface area (Å²) in [7, 11) is 0. The molecule has 0 N–H and O–H groups in total.